The molecule has 0 radical (unpaired) electrons. The first kappa shape index (κ1) is 18.0. The summed E-state index contributed by atoms with van der Waals surface area (Å²) in [5.74, 6) is 0. The summed E-state index contributed by atoms with van der Waals surface area (Å²) in [6.45, 7) is 1.35. The van der Waals surface area contributed by atoms with Gasteiger partial charge in [0.05, 0.1) is 6.61 Å². The van der Waals surface area contributed by atoms with Gasteiger partial charge in [0.2, 0.25) is 0 Å². The first-order valence-electron chi connectivity index (χ1n) is 8.10. The maximum Gasteiger partial charge on any atom is 0.0684 e. The Labute approximate surface area is 143 Å². The van der Waals surface area contributed by atoms with Gasteiger partial charge in [-0.25, -0.2) is 0 Å². The summed E-state index contributed by atoms with van der Waals surface area (Å²) in [6, 6.07) is 16.8. The lowest BCUT2D eigenvalue weighted by atomic mass is 10.1. The second kappa shape index (κ2) is 9.73. The van der Waals surface area contributed by atoms with E-state index in [9.17, 15) is 5.11 Å². The molecule has 2 aromatic carbocycles. The van der Waals surface area contributed by atoms with E-state index in [2.05, 4.69) is 36.4 Å². The average Bonchev–Trinajstić information content (AvgIpc) is 2.57. The Morgan fingerprint density at radius 3 is 2.39 bits per heavy atom. The molecule has 0 amide bonds. The number of hydrogen-bond acceptors (Lipinski definition) is 4. The van der Waals surface area contributed by atoms with Crippen molar-refractivity contribution < 1.29 is 5.11 Å². The van der Waals surface area contributed by atoms with Gasteiger partial charge in [-0.3, -0.25) is 0 Å². The molecule has 0 saturated carbocycles. The SMILES string of the molecule is NCCc1cc(SC(CCN)Cc2ccccc2)ccc1CO. The summed E-state index contributed by atoms with van der Waals surface area (Å²) >= 11 is 1.86. The second-order valence-electron chi connectivity index (χ2n) is 5.63. The van der Waals surface area contributed by atoms with Crippen LogP contribution in [0.25, 0.3) is 0 Å². The smallest absolute Gasteiger partial charge is 0.0684 e. The van der Waals surface area contributed by atoms with Crippen molar-refractivity contribution >= 4 is 11.8 Å². The van der Waals surface area contributed by atoms with Gasteiger partial charge in [-0.15, -0.1) is 11.8 Å². The van der Waals surface area contributed by atoms with E-state index in [4.69, 9.17) is 11.5 Å². The summed E-state index contributed by atoms with van der Waals surface area (Å²) in [5.41, 5.74) is 14.9. The molecule has 1 atom stereocenters. The van der Waals surface area contributed by atoms with Gasteiger partial charge in [0, 0.05) is 10.1 Å². The Morgan fingerprint density at radius 1 is 0.957 bits per heavy atom. The molecule has 0 saturated heterocycles. The van der Waals surface area contributed by atoms with Crippen molar-refractivity contribution in [2.75, 3.05) is 13.1 Å². The molecule has 0 fully saturated rings. The summed E-state index contributed by atoms with van der Waals surface area (Å²) in [5, 5.41) is 9.88. The minimum absolute atomic E-state index is 0.0660. The van der Waals surface area contributed by atoms with Crippen LogP contribution in [0.1, 0.15) is 23.1 Å². The normalized spacial score (nSPS) is 12.3. The lowest BCUT2D eigenvalue weighted by molar-refractivity contribution is 0.280. The minimum Gasteiger partial charge on any atom is -0.392 e. The fourth-order valence-electron chi connectivity index (χ4n) is 2.68. The van der Waals surface area contributed by atoms with Crippen molar-refractivity contribution in [3.63, 3.8) is 0 Å². The molecule has 2 rings (SSSR count). The predicted molar refractivity (Wildman–Crippen MR) is 98.6 cm³/mol. The molecule has 0 heterocycles. The van der Waals surface area contributed by atoms with E-state index in [1.54, 1.807) is 0 Å². The zero-order valence-electron chi connectivity index (χ0n) is 13.4. The number of aliphatic hydroxyl groups is 1. The fraction of sp³-hybridized carbons (Fsp3) is 0.368. The number of rotatable bonds is 9. The highest BCUT2D eigenvalue weighted by Crippen LogP contribution is 2.29. The van der Waals surface area contributed by atoms with Crippen LogP contribution in [-0.4, -0.2) is 23.4 Å². The lowest BCUT2D eigenvalue weighted by Crippen LogP contribution is -2.13. The third kappa shape index (κ3) is 5.66. The monoisotopic (exact) mass is 330 g/mol. The van der Waals surface area contributed by atoms with Gasteiger partial charge in [-0.05, 0) is 61.2 Å². The van der Waals surface area contributed by atoms with Crippen molar-refractivity contribution in [2.45, 2.75) is 36.0 Å². The highest BCUT2D eigenvalue weighted by Gasteiger charge is 2.12. The molecular formula is C19H26N2OS. The maximum absolute atomic E-state index is 9.43. The fourth-order valence-corrected chi connectivity index (χ4v) is 3.95. The van der Waals surface area contributed by atoms with Gasteiger partial charge >= 0.3 is 0 Å². The molecule has 5 N–H and O–H groups in total. The van der Waals surface area contributed by atoms with Gasteiger partial charge in [-0.1, -0.05) is 36.4 Å². The van der Waals surface area contributed by atoms with E-state index in [0.717, 1.165) is 30.4 Å². The second-order valence-corrected chi connectivity index (χ2v) is 7.01. The molecule has 0 aliphatic heterocycles. The predicted octanol–water partition coefficient (Wildman–Crippen LogP) is 2.73. The Kier molecular flexibility index (Phi) is 7.62. The molecule has 3 nitrogen and oxygen atoms in total. The van der Waals surface area contributed by atoms with Crippen molar-refractivity contribution in [1.82, 2.24) is 0 Å². The topological polar surface area (TPSA) is 72.3 Å². The van der Waals surface area contributed by atoms with Crippen LogP contribution < -0.4 is 11.5 Å². The average molecular weight is 330 g/mol. The largest absolute Gasteiger partial charge is 0.392 e. The molecular weight excluding hydrogens is 304 g/mol. The highest BCUT2D eigenvalue weighted by molar-refractivity contribution is 8.00. The number of hydrogen-bond donors (Lipinski definition) is 3. The van der Waals surface area contributed by atoms with E-state index in [-0.39, 0.29) is 6.61 Å². The van der Waals surface area contributed by atoms with Gasteiger partial charge < -0.3 is 16.6 Å². The van der Waals surface area contributed by atoms with Crippen molar-refractivity contribution in [2.24, 2.45) is 11.5 Å². The van der Waals surface area contributed by atoms with Gasteiger partial charge in [-0.2, -0.15) is 0 Å². The summed E-state index contributed by atoms with van der Waals surface area (Å²) in [6.07, 6.45) is 2.79. The van der Waals surface area contributed by atoms with E-state index in [1.807, 2.05) is 23.9 Å². The third-order valence-electron chi connectivity index (χ3n) is 3.86. The first-order valence-corrected chi connectivity index (χ1v) is 8.98. The Morgan fingerprint density at radius 2 is 1.74 bits per heavy atom. The maximum atomic E-state index is 9.43. The van der Waals surface area contributed by atoms with E-state index in [1.165, 1.54) is 10.5 Å². The molecule has 0 bridgehead atoms. The Bertz CT molecular complexity index is 589. The van der Waals surface area contributed by atoms with Crippen LogP contribution in [0.15, 0.2) is 53.4 Å². The van der Waals surface area contributed by atoms with E-state index < -0.39 is 0 Å². The molecule has 0 spiro atoms. The van der Waals surface area contributed by atoms with Gasteiger partial charge in [0.25, 0.3) is 0 Å². The Hall–Kier alpha value is -1.33. The van der Waals surface area contributed by atoms with Crippen molar-refractivity contribution in [3.05, 3.63) is 65.2 Å². The third-order valence-corrected chi connectivity index (χ3v) is 5.12. The minimum atomic E-state index is 0.0660. The van der Waals surface area contributed by atoms with Crippen LogP contribution in [0.3, 0.4) is 0 Å². The zero-order valence-corrected chi connectivity index (χ0v) is 14.3. The van der Waals surface area contributed by atoms with Crippen LogP contribution in [0, 0.1) is 0 Å². The van der Waals surface area contributed by atoms with E-state index >= 15 is 0 Å². The molecule has 1 unspecified atom stereocenters. The van der Waals surface area contributed by atoms with Crippen LogP contribution in [0.4, 0.5) is 0 Å². The molecule has 0 aliphatic rings. The zero-order chi connectivity index (χ0) is 16.5. The van der Waals surface area contributed by atoms with Crippen molar-refractivity contribution in [1.29, 1.82) is 0 Å². The quantitative estimate of drug-likeness (QED) is 0.618. The van der Waals surface area contributed by atoms with Crippen LogP contribution in [0.5, 0.6) is 0 Å². The van der Waals surface area contributed by atoms with Crippen molar-refractivity contribution in [3.8, 4) is 0 Å². The highest BCUT2D eigenvalue weighted by atomic mass is 32.2. The first-order chi connectivity index (χ1) is 11.3. The van der Waals surface area contributed by atoms with E-state index in [0.29, 0.717) is 18.3 Å². The molecule has 124 valence electrons. The molecule has 4 heteroatoms. The standard InChI is InChI=1S/C19H26N2OS/c20-10-8-16-13-18(7-6-17(16)14-22)23-19(9-11-21)12-15-4-2-1-3-5-15/h1-7,13,19,22H,8-12,14,20-21H2. The summed E-state index contributed by atoms with van der Waals surface area (Å²) in [7, 11) is 0. The number of benzene rings is 2. The summed E-state index contributed by atoms with van der Waals surface area (Å²) < 4.78 is 0. The van der Waals surface area contributed by atoms with Crippen LogP contribution >= 0.6 is 11.8 Å². The molecule has 2 aromatic rings. The molecule has 0 aliphatic carbocycles. The summed E-state index contributed by atoms with van der Waals surface area (Å²) in [4.78, 5) is 1.22. The van der Waals surface area contributed by atoms with Gasteiger partial charge in [0.1, 0.15) is 0 Å². The number of thioether (sulfide) groups is 1. The van der Waals surface area contributed by atoms with Gasteiger partial charge in [0.15, 0.2) is 0 Å². The lowest BCUT2D eigenvalue weighted by Gasteiger charge is -2.17. The molecule has 0 aromatic heterocycles. The Balaban J connectivity index is 2.11. The molecule has 23 heavy (non-hydrogen) atoms. The number of nitrogens with two attached hydrogens (primary N) is 2. The van der Waals surface area contributed by atoms with Crippen LogP contribution in [0.2, 0.25) is 0 Å². The van der Waals surface area contributed by atoms with Crippen LogP contribution in [-0.2, 0) is 19.4 Å². The number of aliphatic hydroxyl groups excluding tert-OH is 1.